The van der Waals surface area contributed by atoms with E-state index in [2.05, 4.69) is 30.7 Å². The molecule has 0 radical (unpaired) electrons. The lowest BCUT2D eigenvalue weighted by atomic mass is 9.54. The number of fused-ring (bicyclic) bond motifs is 1. The van der Waals surface area contributed by atoms with Crippen LogP contribution in [0.25, 0.3) is 10.9 Å². The van der Waals surface area contributed by atoms with Crippen molar-refractivity contribution in [3.63, 3.8) is 0 Å². The normalized spacial score (nSPS) is 34.6. The van der Waals surface area contributed by atoms with Gasteiger partial charge in [0.1, 0.15) is 6.23 Å². The monoisotopic (exact) mass is 416 g/mol. The van der Waals surface area contributed by atoms with Crippen molar-refractivity contribution < 1.29 is 19.3 Å². The first-order valence-corrected chi connectivity index (χ1v) is 11.1. The molecule has 0 amide bonds. The number of halogens is 1. The molecule has 4 fully saturated rings. The predicted molar refractivity (Wildman–Crippen MR) is 114 cm³/mol. The number of piperidine rings is 2. The van der Waals surface area contributed by atoms with Gasteiger partial charge in [0.15, 0.2) is 11.6 Å². The highest BCUT2D eigenvalue weighted by atomic mass is 19.1. The molecule has 2 saturated carbocycles. The molecule has 4 bridgehead atoms. The number of rotatable bonds is 5. The number of aromatic nitrogens is 1. The summed E-state index contributed by atoms with van der Waals surface area (Å²) in [6.45, 7) is 6.40. The smallest absolute Gasteiger partial charge is 0.174 e. The van der Waals surface area contributed by atoms with Crippen molar-refractivity contribution >= 4 is 10.9 Å². The van der Waals surface area contributed by atoms with Gasteiger partial charge in [0.25, 0.3) is 0 Å². The van der Waals surface area contributed by atoms with E-state index in [0.717, 1.165) is 43.2 Å². The van der Waals surface area contributed by atoms with E-state index >= 15 is 4.39 Å². The lowest BCUT2D eigenvalue weighted by Gasteiger charge is -2.64. The van der Waals surface area contributed by atoms with E-state index in [1.54, 1.807) is 6.07 Å². The molecule has 2 aliphatic heterocycles. The molecule has 0 spiro atoms. The molecule has 2 aromatic rings. The second-order valence-corrected chi connectivity index (χ2v) is 11.1. The SMILES string of the molecule is COc1ccc2[nH]cc(C(C)(C)CC(O)N3C4CC5(C)CC3CC(O)(C4)C5)c2c1F. The van der Waals surface area contributed by atoms with Crippen molar-refractivity contribution in [2.24, 2.45) is 5.41 Å². The highest BCUT2D eigenvalue weighted by molar-refractivity contribution is 5.86. The molecule has 6 heteroatoms. The zero-order valence-corrected chi connectivity index (χ0v) is 18.3. The minimum absolute atomic E-state index is 0.183. The van der Waals surface area contributed by atoms with E-state index in [4.69, 9.17) is 4.74 Å². The second-order valence-electron chi connectivity index (χ2n) is 11.1. The van der Waals surface area contributed by atoms with Crippen molar-refractivity contribution in [2.45, 2.75) is 88.6 Å². The number of hydrogen-bond acceptors (Lipinski definition) is 4. The molecule has 6 rings (SSSR count). The minimum atomic E-state index is -0.624. The van der Waals surface area contributed by atoms with E-state index in [9.17, 15) is 10.2 Å². The van der Waals surface area contributed by atoms with E-state index in [1.807, 2.05) is 12.3 Å². The van der Waals surface area contributed by atoms with Crippen LogP contribution in [0.1, 0.15) is 64.9 Å². The summed E-state index contributed by atoms with van der Waals surface area (Å²) in [6, 6.07) is 3.89. The molecule has 3 N–H and O–H groups in total. The Morgan fingerprint density at radius 2 is 1.93 bits per heavy atom. The van der Waals surface area contributed by atoms with Gasteiger partial charge in [-0.25, -0.2) is 4.39 Å². The van der Waals surface area contributed by atoms with Gasteiger partial charge in [0.2, 0.25) is 0 Å². The molecular formula is C24H33FN2O3. The van der Waals surface area contributed by atoms with E-state index in [-0.39, 0.29) is 29.1 Å². The number of aliphatic hydroxyl groups excluding tert-OH is 1. The average molecular weight is 417 g/mol. The number of nitrogens with one attached hydrogen (secondary N) is 1. The molecule has 30 heavy (non-hydrogen) atoms. The first-order chi connectivity index (χ1) is 14.0. The highest BCUT2D eigenvalue weighted by Crippen LogP contribution is 2.58. The van der Waals surface area contributed by atoms with Crippen LogP contribution < -0.4 is 4.74 Å². The predicted octanol–water partition coefficient (Wildman–Crippen LogP) is 4.07. The summed E-state index contributed by atoms with van der Waals surface area (Å²) in [7, 11) is 1.47. The van der Waals surface area contributed by atoms with Gasteiger partial charge in [-0.3, -0.25) is 4.90 Å². The van der Waals surface area contributed by atoms with Crippen LogP contribution in [0.3, 0.4) is 0 Å². The second kappa shape index (κ2) is 6.44. The third kappa shape index (κ3) is 2.99. The molecular weight excluding hydrogens is 383 g/mol. The minimum Gasteiger partial charge on any atom is -0.494 e. The van der Waals surface area contributed by atoms with Gasteiger partial charge in [-0.15, -0.1) is 0 Å². The maximum Gasteiger partial charge on any atom is 0.174 e. The molecule has 2 saturated heterocycles. The largest absolute Gasteiger partial charge is 0.494 e. The first kappa shape index (κ1) is 20.3. The Balaban J connectivity index is 1.43. The Morgan fingerprint density at radius 1 is 1.27 bits per heavy atom. The third-order valence-electron chi connectivity index (χ3n) is 8.02. The number of ether oxygens (including phenoxy) is 1. The lowest BCUT2D eigenvalue weighted by molar-refractivity contribution is -0.223. The zero-order valence-electron chi connectivity index (χ0n) is 18.3. The summed E-state index contributed by atoms with van der Waals surface area (Å²) in [5.74, 6) is -0.134. The van der Waals surface area contributed by atoms with Crippen LogP contribution in [0.4, 0.5) is 4.39 Å². The fourth-order valence-electron chi connectivity index (χ4n) is 7.14. The maximum atomic E-state index is 15.1. The van der Waals surface area contributed by atoms with Crippen LogP contribution in [0, 0.1) is 11.2 Å². The Hall–Kier alpha value is -1.63. The van der Waals surface area contributed by atoms with Gasteiger partial charge in [-0.1, -0.05) is 20.8 Å². The number of H-pyrrole nitrogens is 1. The quantitative estimate of drug-likeness (QED) is 0.687. The van der Waals surface area contributed by atoms with E-state index in [0.29, 0.717) is 11.8 Å². The van der Waals surface area contributed by atoms with Crippen molar-refractivity contribution in [3.8, 4) is 5.75 Å². The summed E-state index contributed by atoms with van der Waals surface area (Å²) >= 11 is 0. The number of nitrogens with zero attached hydrogens (tertiary/aromatic N) is 1. The van der Waals surface area contributed by atoms with E-state index in [1.165, 1.54) is 7.11 Å². The van der Waals surface area contributed by atoms with Crippen molar-refractivity contribution in [3.05, 3.63) is 29.7 Å². The summed E-state index contributed by atoms with van der Waals surface area (Å²) in [6.07, 6.45) is 6.17. The number of aliphatic hydroxyl groups is 2. The molecule has 5 nitrogen and oxygen atoms in total. The number of hydrogen-bond donors (Lipinski definition) is 3. The van der Waals surface area contributed by atoms with Gasteiger partial charge in [-0.05, 0) is 67.1 Å². The summed E-state index contributed by atoms with van der Waals surface area (Å²) in [5.41, 5.74) is 0.756. The topological polar surface area (TPSA) is 68.7 Å². The molecule has 3 unspecified atom stereocenters. The first-order valence-electron chi connectivity index (χ1n) is 11.1. The number of benzene rings is 1. The average Bonchev–Trinajstić information content (AvgIpc) is 3.04. The van der Waals surface area contributed by atoms with Crippen LogP contribution in [0.2, 0.25) is 0 Å². The van der Waals surface area contributed by atoms with Gasteiger partial charge in [0, 0.05) is 29.2 Å². The summed E-state index contributed by atoms with van der Waals surface area (Å²) < 4.78 is 20.2. The molecule has 3 heterocycles. The van der Waals surface area contributed by atoms with E-state index < -0.39 is 17.2 Å². The molecule has 2 aliphatic carbocycles. The Bertz CT molecular complexity index is 948. The standard InChI is InChI=1S/C24H33FN2O3/c1-22(2,16-12-26-17-5-6-18(30-4)21(25)20(16)17)11-19(28)27-14-7-23(3)8-15(27)10-24(29,9-14)13-23/h5-6,12,14-15,19,26,28-29H,7-11,13H2,1-4H3. The third-order valence-corrected chi connectivity index (χ3v) is 8.02. The van der Waals surface area contributed by atoms with Crippen molar-refractivity contribution in [2.75, 3.05) is 7.11 Å². The summed E-state index contributed by atoms with van der Waals surface area (Å²) in [5, 5.41) is 22.9. The number of methoxy groups -OCH3 is 1. The summed E-state index contributed by atoms with van der Waals surface area (Å²) in [4.78, 5) is 5.43. The number of aromatic amines is 1. The molecule has 1 aromatic carbocycles. The Morgan fingerprint density at radius 3 is 2.53 bits per heavy atom. The molecule has 4 aliphatic rings. The van der Waals surface area contributed by atoms with Crippen LogP contribution in [-0.4, -0.2) is 51.1 Å². The van der Waals surface area contributed by atoms with Gasteiger partial charge in [0.05, 0.1) is 12.7 Å². The zero-order chi connectivity index (χ0) is 21.5. The van der Waals surface area contributed by atoms with Crippen LogP contribution in [0.15, 0.2) is 18.3 Å². The van der Waals surface area contributed by atoms with Crippen LogP contribution >= 0.6 is 0 Å². The Labute approximate surface area is 177 Å². The van der Waals surface area contributed by atoms with Crippen molar-refractivity contribution in [1.82, 2.24) is 9.88 Å². The van der Waals surface area contributed by atoms with Crippen molar-refractivity contribution in [1.29, 1.82) is 0 Å². The van der Waals surface area contributed by atoms with Gasteiger partial charge < -0.3 is 19.9 Å². The molecule has 1 aromatic heterocycles. The lowest BCUT2D eigenvalue weighted by Crippen LogP contribution is -2.69. The fraction of sp³-hybridized carbons (Fsp3) is 0.667. The van der Waals surface area contributed by atoms with Crippen LogP contribution in [-0.2, 0) is 5.41 Å². The molecule has 164 valence electrons. The fourth-order valence-corrected chi connectivity index (χ4v) is 7.14. The highest BCUT2D eigenvalue weighted by Gasteiger charge is 2.59. The Kier molecular flexibility index (Phi) is 4.35. The maximum absolute atomic E-state index is 15.1. The van der Waals surface area contributed by atoms with Crippen LogP contribution in [0.5, 0.6) is 5.75 Å². The van der Waals surface area contributed by atoms with Gasteiger partial charge >= 0.3 is 0 Å². The molecule has 3 atom stereocenters. The van der Waals surface area contributed by atoms with Gasteiger partial charge in [-0.2, -0.15) is 0 Å².